The van der Waals surface area contributed by atoms with Gasteiger partial charge in [-0.3, -0.25) is 19.3 Å². The van der Waals surface area contributed by atoms with Gasteiger partial charge in [-0.25, -0.2) is 0 Å². The van der Waals surface area contributed by atoms with E-state index >= 15 is 0 Å². The van der Waals surface area contributed by atoms with Crippen LogP contribution in [0.1, 0.15) is 31.4 Å². The van der Waals surface area contributed by atoms with Crippen molar-refractivity contribution in [2.75, 3.05) is 19.4 Å². The molecule has 0 aliphatic heterocycles. The zero-order valence-corrected chi connectivity index (χ0v) is 19.4. The van der Waals surface area contributed by atoms with E-state index in [1.807, 2.05) is 13.8 Å². The number of amides is 1. The number of aliphatic hydroxyl groups excluding tert-OH is 2. The Hall–Kier alpha value is -3.37. The fraction of sp³-hybridized carbons (Fsp3) is 0.458. The minimum Gasteiger partial charge on any atom is -0.508 e. The van der Waals surface area contributed by atoms with Gasteiger partial charge in [0, 0.05) is 17.5 Å². The van der Waals surface area contributed by atoms with Crippen molar-refractivity contribution in [3.8, 4) is 5.75 Å². The molecule has 182 valence electrons. The van der Waals surface area contributed by atoms with Crippen molar-refractivity contribution in [3.05, 3.63) is 40.2 Å². The summed E-state index contributed by atoms with van der Waals surface area (Å²) in [5, 5.41) is 47.4. The molecule has 4 rings (SSSR count). The van der Waals surface area contributed by atoms with Gasteiger partial charge in [-0.15, -0.1) is 0 Å². The van der Waals surface area contributed by atoms with Crippen molar-refractivity contribution >= 4 is 28.9 Å². The van der Waals surface area contributed by atoms with Crippen LogP contribution in [-0.4, -0.2) is 74.6 Å². The van der Waals surface area contributed by atoms with Gasteiger partial charge in [0.1, 0.15) is 22.8 Å². The second-order valence-corrected chi connectivity index (χ2v) is 9.76. The highest BCUT2D eigenvalue weighted by molar-refractivity contribution is 6.24. The van der Waals surface area contributed by atoms with Crippen LogP contribution in [0.25, 0.3) is 5.76 Å². The number of benzene rings is 1. The lowest BCUT2D eigenvalue weighted by molar-refractivity contribution is -0.153. The lowest BCUT2D eigenvalue weighted by Gasteiger charge is -2.50. The normalized spacial score (nSPS) is 28.7. The van der Waals surface area contributed by atoms with Gasteiger partial charge >= 0.3 is 0 Å². The Morgan fingerprint density at radius 3 is 2.41 bits per heavy atom. The van der Waals surface area contributed by atoms with Crippen molar-refractivity contribution in [3.63, 3.8) is 0 Å². The fourth-order valence-corrected chi connectivity index (χ4v) is 5.65. The van der Waals surface area contributed by atoms with Crippen molar-refractivity contribution in [2.24, 2.45) is 17.6 Å². The minimum atomic E-state index is -2.63. The molecule has 0 aromatic heterocycles. The Kier molecular flexibility index (Phi) is 5.49. The van der Waals surface area contributed by atoms with Crippen molar-refractivity contribution in [1.29, 1.82) is 0 Å². The van der Waals surface area contributed by atoms with Gasteiger partial charge in [-0.2, -0.15) is 0 Å². The third kappa shape index (κ3) is 3.13. The Bertz CT molecular complexity index is 1180. The van der Waals surface area contributed by atoms with E-state index in [-0.39, 0.29) is 35.8 Å². The first-order valence-corrected chi connectivity index (χ1v) is 11.1. The standard InChI is InChI=1S/C24H29N3O7/c1-9(2)26-13-6-5-10-7-11-8-12-17(27(3)4)20(30)16(23(25)33)22(32)24(12,34)21(31)15(11)19(29)14(10)18(13)28/h5-6,9,11-12,17,26,28-29,32,34H,7-8H2,1-4H3,(H2,25,33)/t11-,12-,17-,24-/m0/s1. The van der Waals surface area contributed by atoms with E-state index in [4.69, 9.17) is 5.73 Å². The van der Waals surface area contributed by atoms with E-state index in [0.29, 0.717) is 11.3 Å². The molecule has 3 aliphatic rings. The summed E-state index contributed by atoms with van der Waals surface area (Å²) in [6.45, 7) is 3.76. The molecule has 0 saturated heterocycles. The molecular formula is C24H29N3O7. The summed E-state index contributed by atoms with van der Waals surface area (Å²) in [4.78, 5) is 40.2. The number of phenols is 1. The fourth-order valence-electron chi connectivity index (χ4n) is 5.65. The van der Waals surface area contributed by atoms with Crippen LogP contribution in [0.2, 0.25) is 0 Å². The third-order valence-electron chi connectivity index (χ3n) is 7.04. The zero-order chi connectivity index (χ0) is 25.3. The molecule has 10 heteroatoms. The number of aromatic hydroxyl groups is 1. The number of aliphatic hydroxyl groups is 3. The molecule has 0 heterocycles. The van der Waals surface area contributed by atoms with Crippen LogP contribution in [0.3, 0.4) is 0 Å². The summed E-state index contributed by atoms with van der Waals surface area (Å²) in [6, 6.07) is 2.33. The van der Waals surface area contributed by atoms with Gasteiger partial charge in [-0.1, -0.05) is 6.07 Å². The molecule has 4 atom stereocenters. The third-order valence-corrected chi connectivity index (χ3v) is 7.04. The van der Waals surface area contributed by atoms with Crippen LogP contribution in [0, 0.1) is 11.8 Å². The number of likely N-dealkylation sites (N-methyl/N-ethyl adjacent to an activating group) is 1. The Balaban J connectivity index is 1.93. The second-order valence-electron chi connectivity index (χ2n) is 9.76. The van der Waals surface area contributed by atoms with Crippen LogP contribution in [-0.2, 0) is 20.8 Å². The topological polar surface area (TPSA) is 173 Å². The number of hydrogen-bond donors (Lipinski definition) is 6. The van der Waals surface area contributed by atoms with Crippen LogP contribution in [0.15, 0.2) is 29.0 Å². The quantitative estimate of drug-likeness (QED) is 0.274. The van der Waals surface area contributed by atoms with Gasteiger partial charge in [0.15, 0.2) is 11.4 Å². The highest BCUT2D eigenvalue weighted by Gasteiger charge is 2.64. The number of ketones is 2. The number of phenolic OH excluding ortho intramolecular Hbond substituents is 1. The summed E-state index contributed by atoms with van der Waals surface area (Å²) in [6.07, 6.45) is 0.336. The Morgan fingerprint density at radius 2 is 1.85 bits per heavy atom. The van der Waals surface area contributed by atoms with Gasteiger partial charge in [0.25, 0.3) is 5.91 Å². The number of Topliss-reactive ketones (excluding diaryl/α,β-unsaturated/α-hetero) is 2. The SMILES string of the molecule is CC(C)Nc1ccc2c(c1O)C(O)=C1C(=O)[C@]3(O)C(O)=C(C(N)=O)C(=O)[C@@H](N(C)C)[C@@H]3C[C@@H]1C2. The summed E-state index contributed by atoms with van der Waals surface area (Å²) in [5.41, 5.74) is 2.74. The molecule has 3 aliphatic carbocycles. The smallest absolute Gasteiger partial charge is 0.255 e. The maximum Gasteiger partial charge on any atom is 0.255 e. The molecule has 34 heavy (non-hydrogen) atoms. The van der Waals surface area contributed by atoms with E-state index in [0.717, 1.165) is 0 Å². The number of nitrogens with zero attached hydrogens (tertiary/aromatic N) is 1. The number of primary amides is 1. The van der Waals surface area contributed by atoms with Crippen LogP contribution in [0.5, 0.6) is 5.75 Å². The average Bonchev–Trinajstić information content (AvgIpc) is 2.72. The second kappa shape index (κ2) is 7.85. The summed E-state index contributed by atoms with van der Waals surface area (Å²) in [7, 11) is 3.13. The maximum absolute atomic E-state index is 13.7. The maximum atomic E-state index is 13.7. The Morgan fingerprint density at radius 1 is 1.21 bits per heavy atom. The largest absolute Gasteiger partial charge is 0.508 e. The summed E-state index contributed by atoms with van der Waals surface area (Å²) in [5.74, 6) is -6.54. The number of rotatable bonds is 4. The first kappa shape index (κ1) is 23.8. The number of nitrogens with two attached hydrogens (primary N) is 1. The van der Waals surface area contributed by atoms with Crippen molar-refractivity contribution in [1.82, 2.24) is 4.90 Å². The molecule has 1 fully saturated rings. The monoisotopic (exact) mass is 471 g/mol. The molecule has 7 N–H and O–H groups in total. The first-order valence-electron chi connectivity index (χ1n) is 11.1. The molecule has 1 aromatic rings. The molecule has 0 unspecified atom stereocenters. The molecule has 0 spiro atoms. The van der Waals surface area contributed by atoms with Crippen LogP contribution < -0.4 is 11.1 Å². The van der Waals surface area contributed by atoms with E-state index < -0.39 is 58.0 Å². The van der Waals surface area contributed by atoms with Crippen molar-refractivity contribution < 1.29 is 34.8 Å². The molecule has 10 nitrogen and oxygen atoms in total. The predicted octanol–water partition coefficient (Wildman–Crippen LogP) is 0.784. The van der Waals surface area contributed by atoms with E-state index in [9.17, 15) is 34.8 Å². The minimum absolute atomic E-state index is 0.00934. The molecule has 0 radical (unpaired) electrons. The first-order chi connectivity index (χ1) is 15.8. The highest BCUT2D eigenvalue weighted by Crippen LogP contribution is 2.53. The van der Waals surface area contributed by atoms with Crippen LogP contribution >= 0.6 is 0 Å². The lowest BCUT2D eigenvalue weighted by atomic mass is 9.57. The molecule has 1 saturated carbocycles. The number of carbonyl (C=O) groups is 3. The number of anilines is 1. The average molecular weight is 472 g/mol. The van der Waals surface area contributed by atoms with Crippen LogP contribution in [0.4, 0.5) is 5.69 Å². The van der Waals surface area contributed by atoms with E-state index in [1.165, 1.54) is 4.90 Å². The number of fused-ring (bicyclic) bond motifs is 3. The molecule has 0 bridgehead atoms. The number of carbonyl (C=O) groups excluding carboxylic acids is 3. The van der Waals surface area contributed by atoms with Gasteiger partial charge < -0.3 is 31.5 Å². The van der Waals surface area contributed by atoms with Gasteiger partial charge in [0.05, 0.1) is 17.3 Å². The molecule has 1 aromatic carbocycles. The van der Waals surface area contributed by atoms with Gasteiger partial charge in [-0.05, 0) is 58.3 Å². The van der Waals surface area contributed by atoms with E-state index in [2.05, 4.69) is 5.32 Å². The molecule has 1 amide bonds. The van der Waals surface area contributed by atoms with Gasteiger partial charge in [0.2, 0.25) is 5.78 Å². The number of nitrogens with one attached hydrogen (secondary N) is 1. The molecular weight excluding hydrogens is 442 g/mol. The predicted molar refractivity (Wildman–Crippen MR) is 123 cm³/mol. The summed E-state index contributed by atoms with van der Waals surface area (Å²) < 4.78 is 0. The Labute approximate surface area is 196 Å². The van der Waals surface area contributed by atoms with Crippen molar-refractivity contribution in [2.45, 2.75) is 44.4 Å². The highest BCUT2D eigenvalue weighted by atomic mass is 16.3. The lowest BCUT2D eigenvalue weighted by Crippen LogP contribution is -2.65. The number of hydrogen-bond acceptors (Lipinski definition) is 9. The summed E-state index contributed by atoms with van der Waals surface area (Å²) >= 11 is 0. The van der Waals surface area contributed by atoms with E-state index in [1.54, 1.807) is 26.2 Å². The zero-order valence-electron chi connectivity index (χ0n) is 19.4.